The Bertz CT molecular complexity index is 556. The zero-order valence-electron chi connectivity index (χ0n) is 9.88. The fourth-order valence-corrected chi connectivity index (χ4v) is 2.09. The standard InChI is InChI=1S/C11H13BrN4O/c1-7(2)16-9(8(12)6-14-16)10(17)11-13-4-5-15(11)3/h4-7H,1-3H3. The average Bonchev–Trinajstić information content (AvgIpc) is 2.83. The maximum absolute atomic E-state index is 12.4. The van der Waals surface area contributed by atoms with Crippen LogP contribution in [0.2, 0.25) is 0 Å². The second-order valence-corrected chi connectivity index (χ2v) is 4.92. The van der Waals surface area contributed by atoms with Gasteiger partial charge in [-0.05, 0) is 29.8 Å². The lowest BCUT2D eigenvalue weighted by Crippen LogP contribution is -2.16. The molecule has 0 saturated carbocycles. The summed E-state index contributed by atoms with van der Waals surface area (Å²) in [6.07, 6.45) is 4.99. The van der Waals surface area contributed by atoms with Gasteiger partial charge in [-0.15, -0.1) is 0 Å². The average molecular weight is 297 g/mol. The minimum atomic E-state index is -0.129. The minimum absolute atomic E-state index is 0.125. The zero-order valence-corrected chi connectivity index (χ0v) is 11.5. The Kier molecular flexibility index (Phi) is 3.15. The molecule has 0 aliphatic carbocycles. The molecule has 0 saturated heterocycles. The Labute approximate surface area is 108 Å². The van der Waals surface area contributed by atoms with Gasteiger partial charge in [-0.3, -0.25) is 9.48 Å². The maximum atomic E-state index is 12.4. The van der Waals surface area contributed by atoms with E-state index < -0.39 is 0 Å². The van der Waals surface area contributed by atoms with Gasteiger partial charge in [0.1, 0.15) is 5.69 Å². The van der Waals surface area contributed by atoms with Crippen LogP contribution in [0.4, 0.5) is 0 Å². The molecular formula is C11H13BrN4O. The third kappa shape index (κ3) is 2.04. The lowest BCUT2D eigenvalue weighted by atomic mass is 10.2. The molecule has 0 aliphatic rings. The van der Waals surface area contributed by atoms with E-state index >= 15 is 0 Å². The van der Waals surface area contributed by atoms with Crippen LogP contribution in [0.25, 0.3) is 0 Å². The highest BCUT2D eigenvalue weighted by Crippen LogP contribution is 2.21. The molecule has 17 heavy (non-hydrogen) atoms. The summed E-state index contributed by atoms with van der Waals surface area (Å²) in [6, 6.07) is 0.125. The van der Waals surface area contributed by atoms with Crippen LogP contribution in [0.1, 0.15) is 36.2 Å². The van der Waals surface area contributed by atoms with Gasteiger partial charge in [0.15, 0.2) is 5.82 Å². The molecule has 0 spiro atoms. The third-order valence-corrected chi connectivity index (χ3v) is 3.06. The number of rotatable bonds is 3. The van der Waals surface area contributed by atoms with Gasteiger partial charge in [0.25, 0.3) is 0 Å². The number of halogens is 1. The van der Waals surface area contributed by atoms with Crippen molar-refractivity contribution in [2.45, 2.75) is 19.9 Å². The molecule has 2 heterocycles. The Balaban J connectivity index is 2.51. The van der Waals surface area contributed by atoms with Crippen molar-refractivity contribution in [3.63, 3.8) is 0 Å². The highest BCUT2D eigenvalue weighted by molar-refractivity contribution is 9.10. The molecule has 0 fully saturated rings. The predicted octanol–water partition coefficient (Wildman–Crippen LogP) is 2.19. The van der Waals surface area contributed by atoms with Gasteiger partial charge in [0, 0.05) is 25.5 Å². The number of ketones is 1. The molecule has 90 valence electrons. The molecule has 0 aromatic carbocycles. The van der Waals surface area contributed by atoms with Gasteiger partial charge in [-0.2, -0.15) is 5.10 Å². The number of carbonyl (C=O) groups excluding carboxylic acids is 1. The van der Waals surface area contributed by atoms with Gasteiger partial charge in [-0.25, -0.2) is 4.98 Å². The molecule has 2 aromatic rings. The molecule has 0 radical (unpaired) electrons. The SMILES string of the molecule is CC(C)n1ncc(Br)c1C(=O)c1nccn1C. The fourth-order valence-electron chi connectivity index (χ4n) is 1.64. The highest BCUT2D eigenvalue weighted by atomic mass is 79.9. The molecule has 2 aromatic heterocycles. The van der Waals surface area contributed by atoms with Crippen molar-refractivity contribution < 1.29 is 4.79 Å². The molecule has 0 N–H and O–H groups in total. The molecule has 0 bridgehead atoms. The predicted molar refractivity (Wildman–Crippen MR) is 67.0 cm³/mol. The maximum Gasteiger partial charge on any atom is 0.247 e. The first-order valence-corrected chi connectivity index (χ1v) is 6.06. The summed E-state index contributed by atoms with van der Waals surface area (Å²) in [6.45, 7) is 3.96. The van der Waals surface area contributed by atoms with E-state index in [0.717, 1.165) is 0 Å². The molecule has 0 unspecified atom stereocenters. The van der Waals surface area contributed by atoms with E-state index in [0.29, 0.717) is 16.0 Å². The topological polar surface area (TPSA) is 52.7 Å². The van der Waals surface area contributed by atoms with E-state index in [-0.39, 0.29) is 11.8 Å². The first-order chi connectivity index (χ1) is 8.02. The third-order valence-electron chi connectivity index (χ3n) is 2.48. The van der Waals surface area contributed by atoms with Crippen molar-refractivity contribution in [3.05, 3.63) is 34.6 Å². The summed E-state index contributed by atoms with van der Waals surface area (Å²) in [4.78, 5) is 16.4. The van der Waals surface area contributed by atoms with Crippen molar-refractivity contribution >= 4 is 21.7 Å². The molecule has 2 rings (SSSR count). The van der Waals surface area contributed by atoms with Gasteiger partial charge < -0.3 is 4.57 Å². The van der Waals surface area contributed by atoms with E-state index in [4.69, 9.17) is 0 Å². The minimum Gasteiger partial charge on any atom is -0.331 e. The molecule has 0 amide bonds. The largest absolute Gasteiger partial charge is 0.331 e. The summed E-state index contributed by atoms with van der Waals surface area (Å²) in [5.41, 5.74) is 0.536. The van der Waals surface area contributed by atoms with E-state index in [2.05, 4.69) is 26.0 Å². The lowest BCUT2D eigenvalue weighted by Gasteiger charge is -2.10. The van der Waals surface area contributed by atoms with E-state index in [1.807, 2.05) is 13.8 Å². The number of carbonyl (C=O) groups is 1. The molecule has 0 aliphatic heterocycles. The van der Waals surface area contributed by atoms with Gasteiger partial charge in [0.2, 0.25) is 5.78 Å². The Hall–Kier alpha value is -1.43. The Morgan fingerprint density at radius 1 is 1.47 bits per heavy atom. The number of imidazole rings is 1. The fraction of sp³-hybridized carbons (Fsp3) is 0.364. The zero-order chi connectivity index (χ0) is 12.6. The number of aryl methyl sites for hydroxylation is 1. The summed E-state index contributed by atoms with van der Waals surface area (Å²) >= 11 is 3.35. The molecule has 6 heteroatoms. The van der Waals surface area contributed by atoms with Gasteiger partial charge in [0.05, 0.1) is 10.7 Å². The Morgan fingerprint density at radius 3 is 2.71 bits per heavy atom. The molecular weight excluding hydrogens is 284 g/mol. The van der Waals surface area contributed by atoms with Crippen LogP contribution in [-0.2, 0) is 7.05 Å². The van der Waals surface area contributed by atoms with Crippen LogP contribution in [0.5, 0.6) is 0 Å². The smallest absolute Gasteiger partial charge is 0.247 e. The summed E-state index contributed by atoms with van der Waals surface area (Å²) in [7, 11) is 1.80. The lowest BCUT2D eigenvalue weighted by molar-refractivity contribution is 0.101. The monoisotopic (exact) mass is 296 g/mol. The van der Waals surface area contributed by atoms with E-state index in [9.17, 15) is 4.79 Å². The van der Waals surface area contributed by atoms with Crippen molar-refractivity contribution in [2.75, 3.05) is 0 Å². The number of aromatic nitrogens is 4. The molecule has 5 nitrogen and oxygen atoms in total. The molecule has 0 atom stereocenters. The van der Waals surface area contributed by atoms with Crippen molar-refractivity contribution in [2.24, 2.45) is 7.05 Å². The van der Waals surface area contributed by atoms with Crippen molar-refractivity contribution in [1.82, 2.24) is 19.3 Å². The van der Waals surface area contributed by atoms with E-state index in [1.165, 1.54) is 0 Å². The van der Waals surface area contributed by atoms with Crippen LogP contribution in [0, 0.1) is 0 Å². The van der Waals surface area contributed by atoms with Crippen LogP contribution in [0.15, 0.2) is 23.1 Å². The summed E-state index contributed by atoms with van der Waals surface area (Å²) in [5.74, 6) is 0.281. The highest BCUT2D eigenvalue weighted by Gasteiger charge is 2.22. The quantitative estimate of drug-likeness (QED) is 0.816. The first kappa shape index (κ1) is 12.0. The number of nitrogens with zero attached hydrogens (tertiary/aromatic N) is 4. The summed E-state index contributed by atoms with van der Waals surface area (Å²) in [5, 5.41) is 4.19. The van der Waals surface area contributed by atoms with Gasteiger partial charge >= 0.3 is 0 Å². The van der Waals surface area contributed by atoms with E-state index in [1.54, 1.807) is 34.9 Å². The van der Waals surface area contributed by atoms with Gasteiger partial charge in [-0.1, -0.05) is 0 Å². The van der Waals surface area contributed by atoms with Crippen LogP contribution < -0.4 is 0 Å². The number of hydrogen-bond acceptors (Lipinski definition) is 3. The Morgan fingerprint density at radius 2 is 2.18 bits per heavy atom. The van der Waals surface area contributed by atoms with Crippen LogP contribution in [-0.4, -0.2) is 25.1 Å². The first-order valence-electron chi connectivity index (χ1n) is 5.27. The summed E-state index contributed by atoms with van der Waals surface area (Å²) < 4.78 is 4.09. The van der Waals surface area contributed by atoms with Crippen LogP contribution in [0.3, 0.4) is 0 Å². The van der Waals surface area contributed by atoms with Crippen molar-refractivity contribution in [1.29, 1.82) is 0 Å². The van der Waals surface area contributed by atoms with Crippen LogP contribution >= 0.6 is 15.9 Å². The van der Waals surface area contributed by atoms with Crippen molar-refractivity contribution in [3.8, 4) is 0 Å². The second-order valence-electron chi connectivity index (χ2n) is 4.07. The number of hydrogen-bond donors (Lipinski definition) is 0. The second kappa shape index (κ2) is 4.44. The normalized spacial score (nSPS) is 11.1.